The van der Waals surface area contributed by atoms with Crippen molar-refractivity contribution >= 4 is 11.5 Å². The first-order chi connectivity index (χ1) is 11.5. The van der Waals surface area contributed by atoms with Crippen LogP contribution in [0.15, 0.2) is 55.1 Å². The smallest absolute Gasteiger partial charge is 0.270 e. The lowest BCUT2D eigenvalue weighted by molar-refractivity contribution is -0.384. The van der Waals surface area contributed by atoms with E-state index in [1.807, 2.05) is 0 Å². The molecule has 0 amide bonds. The molecule has 0 aliphatic heterocycles. The van der Waals surface area contributed by atoms with Gasteiger partial charge in [0.25, 0.3) is 5.69 Å². The second-order valence-electron chi connectivity index (χ2n) is 5.03. The molecule has 1 aromatic heterocycles. The van der Waals surface area contributed by atoms with Crippen LogP contribution in [0.25, 0.3) is 5.69 Å². The Bertz CT molecular complexity index is 892. The van der Waals surface area contributed by atoms with Crippen molar-refractivity contribution in [3.63, 3.8) is 0 Å². The number of halogens is 1. The van der Waals surface area contributed by atoms with E-state index < -0.39 is 10.7 Å². The monoisotopic (exact) mass is 326 g/mol. The topological polar surface area (TPSA) is 90.9 Å². The standard InChI is InChI=1S/C16H11FN4O3/c17-12-3-1-11(2-4-12)7-16(22)14-8-13(21(23)24)5-6-15(14)20-10-18-9-19-20/h1-6,8-10H,7H2. The minimum Gasteiger partial charge on any atom is -0.294 e. The van der Waals surface area contributed by atoms with Crippen LogP contribution in [0.5, 0.6) is 0 Å². The molecule has 120 valence electrons. The highest BCUT2D eigenvalue weighted by atomic mass is 19.1. The number of benzene rings is 2. The molecule has 0 aliphatic rings. The van der Waals surface area contributed by atoms with E-state index >= 15 is 0 Å². The zero-order valence-corrected chi connectivity index (χ0v) is 12.3. The Kier molecular flexibility index (Phi) is 4.11. The summed E-state index contributed by atoms with van der Waals surface area (Å²) >= 11 is 0. The van der Waals surface area contributed by atoms with Gasteiger partial charge in [0, 0.05) is 18.6 Å². The molecule has 0 spiro atoms. The Hall–Kier alpha value is -3.42. The van der Waals surface area contributed by atoms with Gasteiger partial charge in [-0.15, -0.1) is 0 Å². The average molecular weight is 326 g/mol. The Labute approximate surface area is 135 Å². The zero-order valence-electron chi connectivity index (χ0n) is 12.3. The second kappa shape index (κ2) is 6.37. The molecule has 0 saturated heterocycles. The summed E-state index contributed by atoms with van der Waals surface area (Å²) in [5.74, 6) is -0.735. The van der Waals surface area contributed by atoms with Crippen LogP contribution in [0.1, 0.15) is 15.9 Å². The van der Waals surface area contributed by atoms with E-state index in [0.717, 1.165) is 0 Å². The second-order valence-corrected chi connectivity index (χ2v) is 5.03. The highest BCUT2D eigenvalue weighted by molar-refractivity contribution is 6.01. The lowest BCUT2D eigenvalue weighted by atomic mass is 10.0. The number of nitrogens with zero attached hydrogens (tertiary/aromatic N) is 4. The van der Waals surface area contributed by atoms with Crippen molar-refractivity contribution in [3.05, 3.63) is 82.2 Å². The van der Waals surface area contributed by atoms with Crippen molar-refractivity contribution in [1.82, 2.24) is 14.8 Å². The van der Waals surface area contributed by atoms with Crippen molar-refractivity contribution < 1.29 is 14.1 Å². The van der Waals surface area contributed by atoms with Crippen molar-refractivity contribution in [1.29, 1.82) is 0 Å². The molecule has 3 aromatic rings. The molecule has 0 N–H and O–H groups in total. The molecule has 0 aliphatic carbocycles. The number of non-ortho nitro benzene ring substituents is 1. The molecule has 0 bridgehead atoms. The summed E-state index contributed by atoms with van der Waals surface area (Å²) in [6.45, 7) is 0. The van der Waals surface area contributed by atoms with Gasteiger partial charge in [0.05, 0.1) is 16.2 Å². The number of Topliss-reactive ketones (excluding diaryl/α,β-unsaturated/α-hetero) is 1. The molecule has 0 unspecified atom stereocenters. The van der Waals surface area contributed by atoms with Crippen molar-refractivity contribution in [3.8, 4) is 5.69 Å². The largest absolute Gasteiger partial charge is 0.294 e. The van der Waals surface area contributed by atoms with E-state index in [9.17, 15) is 19.3 Å². The van der Waals surface area contributed by atoms with Gasteiger partial charge >= 0.3 is 0 Å². The Morgan fingerprint density at radius 3 is 2.58 bits per heavy atom. The number of carbonyl (C=O) groups is 1. The summed E-state index contributed by atoms with van der Waals surface area (Å²) in [5, 5.41) is 14.9. The summed E-state index contributed by atoms with van der Waals surface area (Å²) in [5.41, 5.74) is 0.961. The van der Waals surface area contributed by atoms with Gasteiger partial charge in [-0.2, -0.15) is 5.10 Å². The highest BCUT2D eigenvalue weighted by Gasteiger charge is 2.18. The molecule has 7 nitrogen and oxygen atoms in total. The van der Waals surface area contributed by atoms with Crippen molar-refractivity contribution in [2.24, 2.45) is 0 Å². The molecule has 1 heterocycles. The third kappa shape index (κ3) is 3.17. The number of aromatic nitrogens is 3. The zero-order chi connectivity index (χ0) is 17.1. The van der Waals surface area contributed by atoms with Gasteiger partial charge in [-0.1, -0.05) is 12.1 Å². The molecule has 0 fully saturated rings. The molecule has 0 saturated carbocycles. The Balaban J connectivity index is 2.00. The maximum absolute atomic E-state index is 13.0. The van der Waals surface area contributed by atoms with Crippen LogP contribution in [-0.2, 0) is 6.42 Å². The van der Waals surface area contributed by atoms with Gasteiger partial charge in [0.1, 0.15) is 18.5 Å². The third-order valence-corrected chi connectivity index (χ3v) is 3.43. The maximum Gasteiger partial charge on any atom is 0.270 e. The van der Waals surface area contributed by atoms with Crippen LogP contribution >= 0.6 is 0 Å². The summed E-state index contributed by atoms with van der Waals surface area (Å²) in [4.78, 5) is 26.8. The first-order valence-corrected chi connectivity index (χ1v) is 6.95. The highest BCUT2D eigenvalue weighted by Crippen LogP contribution is 2.22. The number of nitro benzene ring substituents is 1. The number of carbonyl (C=O) groups excluding carboxylic acids is 1. The molecule has 0 atom stereocenters. The SMILES string of the molecule is O=C(Cc1ccc(F)cc1)c1cc([N+](=O)[O-])ccc1-n1cncn1. The van der Waals surface area contributed by atoms with Gasteiger partial charge in [-0.05, 0) is 23.8 Å². The number of nitro groups is 1. The lowest BCUT2D eigenvalue weighted by Gasteiger charge is -2.08. The number of rotatable bonds is 5. The number of hydrogen-bond acceptors (Lipinski definition) is 5. The van der Waals surface area contributed by atoms with E-state index in [0.29, 0.717) is 11.3 Å². The van der Waals surface area contributed by atoms with Gasteiger partial charge in [-0.25, -0.2) is 14.1 Å². The lowest BCUT2D eigenvalue weighted by Crippen LogP contribution is -2.10. The third-order valence-electron chi connectivity index (χ3n) is 3.43. The van der Waals surface area contributed by atoms with E-state index in [2.05, 4.69) is 10.1 Å². The molecule has 24 heavy (non-hydrogen) atoms. The Morgan fingerprint density at radius 2 is 1.96 bits per heavy atom. The normalized spacial score (nSPS) is 10.5. The van der Waals surface area contributed by atoms with E-state index in [-0.39, 0.29) is 23.5 Å². The summed E-state index contributed by atoms with van der Waals surface area (Å²) in [6, 6.07) is 9.47. The fraction of sp³-hybridized carbons (Fsp3) is 0.0625. The Morgan fingerprint density at radius 1 is 1.21 bits per heavy atom. The van der Waals surface area contributed by atoms with Gasteiger partial charge < -0.3 is 0 Å². The quantitative estimate of drug-likeness (QED) is 0.408. The first-order valence-electron chi connectivity index (χ1n) is 6.95. The van der Waals surface area contributed by atoms with Gasteiger partial charge in [0.15, 0.2) is 5.78 Å². The van der Waals surface area contributed by atoms with Crippen LogP contribution in [0.2, 0.25) is 0 Å². The predicted octanol–water partition coefficient (Wildman–Crippen LogP) is 2.74. The predicted molar refractivity (Wildman–Crippen MR) is 82.4 cm³/mol. The molecule has 0 radical (unpaired) electrons. The molecular weight excluding hydrogens is 315 g/mol. The van der Waals surface area contributed by atoms with Crippen LogP contribution in [0, 0.1) is 15.9 Å². The van der Waals surface area contributed by atoms with Gasteiger partial charge in [-0.3, -0.25) is 14.9 Å². The van der Waals surface area contributed by atoms with Crippen molar-refractivity contribution in [2.45, 2.75) is 6.42 Å². The number of hydrogen-bond donors (Lipinski definition) is 0. The fourth-order valence-corrected chi connectivity index (χ4v) is 2.28. The minimum absolute atomic E-state index is 0.0108. The molecule has 2 aromatic carbocycles. The van der Waals surface area contributed by atoms with Crippen LogP contribution in [0.4, 0.5) is 10.1 Å². The summed E-state index contributed by atoms with van der Waals surface area (Å²) < 4.78 is 14.3. The summed E-state index contributed by atoms with van der Waals surface area (Å²) in [6.07, 6.45) is 2.69. The average Bonchev–Trinajstić information content (AvgIpc) is 3.10. The number of ketones is 1. The van der Waals surface area contributed by atoms with Crippen LogP contribution in [0.3, 0.4) is 0 Å². The summed E-state index contributed by atoms with van der Waals surface area (Å²) in [7, 11) is 0. The van der Waals surface area contributed by atoms with Crippen LogP contribution in [-0.4, -0.2) is 25.5 Å². The molecule has 3 rings (SSSR count). The van der Waals surface area contributed by atoms with E-state index in [4.69, 9.17) is 0 Å². The van der Waals surface area contributed by atoms with E-state index in [1.165, 1.54) is 59.8 Å². The molecule has 8 heteroatoms. The molecular formula is C16H11FN4O3. The minimum atomic E-state index is -0.570. The first kappa shape index (κ1) is 15.5. The fourth-order valence-electron chi connectivity index (χ4n) is 2.28. The van der Waals surface area contributed by atoms with E-state index in [1.54, 1.807) is 0 Å². The maximum atomic E-state index is 13.0. The van der Waals surface area contributed by atoms with Gasteiger partial charge in [0.2, 0.25) is 0 Å². The van der Waals surface area contributed by atoms with Crippen molar-refractivity contribution in [2.75, 3.05) is 0 Å². The van der Waals surface area contributed by atoms with Crippen LogP contribution < -0.4 is 0 Å².